The summed E-state index contributed by atoms with van der Waals surface area (Å²) in [6.45, 7) is 4.78. The van der Waals surface area contributed by atoms with E-state index >= 15 is 0 Å². The number of likely N-dealkylation sites (N-methyl/N-ethyl adjacent to an activating group) is 1. The number of hydrogen-bond donors (Lipinski definition) is 3. The van der Waals surface area contributed by atoms with Gasteiger partial charge in [0, 0.05) is 36.1 Å². The summed E-state index contributed by atoms with van der Waals surface area (Å²) in [5.74, 6) is 2.01. The highest BCUT2D eigenvalue weighted by Gasteiger charge is 2.49. The molecule has 258 valence electrons. The fraction of sp³-hybridized carbons (Fsp3) is 0.606. The van der Waals surface area contributed by atoms with Gasteiger partial charge in [0.15, 0.2) is 22.9 Å². The molecule has 0 radical (unpaired) electrons. The highest BCUT2D eigenvalue weighted by molar-refractivity contribution is 7.87. The number of nitrogens with two attached hydrogens (primary N) is 1. The summed E-state index contributed by atoms with van der Waals surface area (Å²) >= 11 is 1.53. The van der Waals surface area contributed by atoms with Crippen molar-refractivity contribution in [1.29, 1.82) is 5.26 Å². The Labute approximate surface area is 289 Å². The molecule has 7 heterocycles. The van der Waals surface area contributed by atoms with Gasteiger partial charge in [-0.05, 0) is 90.3 Å². The average Bonchev–Trinajstić information content (AvgIpc) is 3.91. The first-order chi connectivity index (χ1) is 23.6. The molecule has 14 nitrogen and oxygen atoms in total. The number of rotatable bonds is 4. The van der Waals surface area contributed by atoms with E-state index in [2.05, 4.69) is 39.3 Å². The topological polar surface area (TPSA) is 184 Å². The number of nitriles is 1. The molecule has 4 N–H and O–H groups in total. The van der Waals surface area contributed by atoms with Crippen LogP contribution >= 0.6 is 11.3 Å². The van der Waals surface area contributed by atoms with E-state index in [0.29, 0.717) is 41.2 Å². The summed E-state index contributed by atoms with van der Waals surface area (Å²) in [4.78, 5) is 16.2. The van der Waals surface area contributed by atoms with Gasteiger partial charge >= 0.3 is 0 Å². The maximum absolute atomic E-state index is 12.5. The molecule has 16 heteroatoms. The number of nitrogen functional groups attached to an aromatic ring is 1. The third kappa shape index (κ3) is 4.76. The first-order valence-corrected chi connectivity index (χ1v) is 19.7. The van der Waals surface area contributed by atoms with Crippen molar-refractivity contribution in [2.75, 3.05) is 43.9 Å². The van der Waals surface area contributed by atoms with E-state index in [1.54, 1.807) is 0 Å². The molecule has 4 aromatic heterocycles. The predicted molar refractivity (Wildman–Crippen MR) is 186 cm³/mol. The third-order valence-electron chi connectivity index (χ3n) is 11.9. The lowest BCUT2D eigenvalue weighted by atomic mass is 9.63. The Hall–Kier alpha value is -3.62. The van der Waals surface area contributed by atoms with E-state index in [4.69, 9.17) is 30.5 Å². The minimum atomic E-state index is -3.55. The summed E-state index contributed by atoms with van der Waals surface area (Å²) < 4.78 is 38.8. The molecular weight excluding hydrogens is 663 g/mol. The normalized spacial score (nSPS) is 28.7. The molecule has 0 amide bonds. The van der Waals surface area contributed by atoms with Gasteiger partial charge in [-0.15, -0.1) is 11.3 Å². The van der Waals surface area contributed by atoms with Crippen molar-refractivity contribution in [3.05, 3.63) is 33.5 Å². The largest absolute Gasteiger partial charge is 0.389 e. The van der Waals surface area contributed by atoms with Gasteiger partial charge in [0.2, 0.25) is 0 Å². The third-order valence-corrected chi connectivity index (χ3v) is 14.2. The summed E-state index contributed by atoms with van der Waals surface area (Å²) in [6, 6.07) is 2.81. The first-order valence-electron chi connectivity index (χ1n) is 17.4. The van der Waals surface area contributed by atoms with Gasteiger partial charge in [-0.3, -0.25) is 0 Å². The average molecular weight is 704 g/mol. The van der Waals surface area contributed by atoms with Crippen LogP contribution in [-0.2, 0) is 28.5 Å². The SMILES string of the molecule is C[C@@H]([C@@H]1CCCN1C)n1ncc2c(N3CCC[C@]4(CNS(=O)(=O)N4)C3)nc(-c3noc4c3CCC[C@@]43CCCc4sc(N)c(C#N)c43)nc21. The Kier molecular flexibility index (Phi) is 7.17. The van der Waals surface area contributed by atoms with Gasteiger partial charge in [0.1, 0.15) is 16.9 Å². The molecule has 0 unspecified atom stereocenters. The van der Waals surface area contributed by atoms with E-state index < -0.39 is 21.2 Å². The Morgan fingerprint density at radius 1 is 1.16 bits per heavy atom. The molecule has 0 saturated carbocycles. The molecule has 2 aliphatic carbocycles. The number of fused-ring (bicyclic) bond motifs is 5. The summed E-state index contributed by atoms with van der Waals surface area (Å²) in [5.41, 5.74) is 9.28. The van der Waals surface area contributed by atoms with Crippen LogP contribution in [0.25, 0.3) is 22.6 Å². The lowest BCUT2D eigenvalue weighted by molar-refractivity contribution is 0.232. The fourth-order valence-electron chi connectivity index (χ4n) is 9.61. The van der Waals surface area contributed by atoms with Crippen molar-refractivity contribution in [2.45, 2.75) is 94.2 Å². The number of aromatic nitrogens is 5. The summed E-state index contributed by atoms with van der Waals surface area (Å²) in [6.07, 6.45) is 11.0. The Morgan fingerprint density at radius 3 is 2.76 bits per heavy atom. The smallest absolute Gasteiger partial charge is 0.277 e. The molecule has 4 aromatic rings. The van der Waals surface area contributed by atoms with Gasteiger partial charge in [0.25, 0.3) is 10.2 Å². The van der Waals surface area contributed by atoms with Crippen LogP contribution in [0, 0.1) is 11.3 Å². The number of anilines is 2. The number of aryl methyl sites for hydroxylation is 1. The van der Waals surface area contributed by atoms with Gasteiger partial charge in [-0.1, -0.05) is 5.16 Å². The van der Waals surface area contributed by atoms with Crippen molar-refractivity contribution in [2.24, 2.45) is 0 Å². The van der Waals surface area contributed by atoms with E-state index in [9.17, 15) is 13.7 Å². The molecule has 49 heavy (non-hydrogen) atoms. The second-order valence-corrected chi connectivity index (χ2v) is 17.4. The van der Waals surface area contributed by atoms with Crippen molar-refractivity contribution in [1.82, 2.24) is 39.2 Å². The maximum atomic E-state index is 12.5. The highest BCUT2D eigenvalue weighted by atomic mass is 32.2. The van der Waals surface area contributed by atoms with E-state index in [0.717, 1.165) is 111 Å². The van der Waals surface area contributed by atoms with Crippen LogP contribution in [0.5, 0.6) is 0 Å². The first kappa shape index (κ1) is 31.4. The van der Waals surface area contributed by atoms with Crippen molar-refractivity contribution in [3.63, 3.8) is 0 Å². The Bertz CT molecular complexity index is 2130. The minimum absolute atomic E-state index is 0.0720. The van der Waals surface area contributed by atoms with E-state index in [-0.39, 0.29) is 6.04 Å². The van der Waals surface area contributed by atoms with E-state index in [1.165, 1.54) is 16.2 Å². The summed E-state index contributed by atoms with van der Waals surface area (Å²) in [5, 5.41) is 21.2. The number of hydrogen-bond acceptors (Lipinski definition) is 12. The zero-order chi connectivity index (χ0) is 33.7. The molecule has 0 aromatic carbocycles. The zero-order valence-electron chi connectivity index (χ0n) is 27.8. The quantitative estimate of drug-likeness (QED) is 0.283. The highest BCUT2D eigenvalue weighted by Crippen LogP contribution is 2.55. The molecule has 9 rings (SSSR count). The Morgan fingerprint density at radius 2 is 2.00 bits per heavy atom. The van der Waals surface area contributed by atoms with Gasteiger partial charge in [-0.25, -0.2) is 19.4 Å². The Balaban J connectivity index is 1.20. The van der Waals surface area contributed by atoms with Crippen LogP contribution in [0.3, 0.4) is 0 Å². The van der Waals surface area contributed by atoms with Crippen molar-refractivity contribution in [3.8, 4) is 17.6 Å². The molecule has 4 atom stereocenters. The second kappa shape index (κ2) is 11.2. The van der Waals surface area contributed by atoms with Crippen LogP contribution < -0.4 is 20.1 Å². The minimum Gasteiger partial charge on any atom is -0.389 e. The molecule has 3 saturated heterocycles. The number of nitrogens with zero attached hydrogens (tertiary/aromatic N) is 8. The number of likely N-dealkylation sites (tertiary alicyclic amines) is 1. The van der Waals surface area contributed by atoms with Crippen LogP contribution in [-0.4, -0.2) is 83.0 Å². The van der Waals surface area contributed by atoms with Gasteiger partial charge in [-0.2, -0.15) is 23.5 Å². The van der Waals surface area contributed by atoms with Crippen molar-refractivity contribution < 1.29 is 12.9 Å². The van der Waals surface area contributed by atoms with Crippen LogP contribution in [0.4, 0.5) is 10.8 Å². The molecule has 3 aliphatic heterocycles. The van der Waals surface area contributed by atoms with Crippen LogP contribution in [0.1, 0.15) is 91.7 Å². The van der Waals surface area contributed by atoms with Crippen LogP contribution in [0.15, 0.2) is 10.7 Å². The molecule has 0 bridgehead atoms. The van der Waals surface area contributed by atoms with Gasteiger partial charge < -0.3 is 20.1 Å². The zero-order valence-corrected chi connectivity index (χ0v) is 29.5. The predicted octanol–water partition coefficient (Wildman–Crippen LogP) is 3.39. The number of piperidine rings is 1. The fourth-order valence-corrected chi connectivity index (χ4v) is 12.1. The maximum Gasteiger partial charge on any atom is 0.277 e. The second-order valence-electron chi connectivity index (χ2n) is 14.7. The monoisotopic (exact) mass is 703 g/mol. The molecule has 3 fully saturated rings. The van der Waals surface area contributed by atoms with Crippen LogP contribution in [0.2, 0.25) is 0 Å². The molecular formula is C33H41N11O3S2. The molecule has 2 spiro atoms. The summed E-state index contributed by atoms with van der Waals surface area (Å²) in [7, 11) is -1.38. The number of thiophene rings is 1. The number of nitrogens with one attached hydrogen (secondary N) is 2. The van der Waals surface area contributed by atoms with Gasteiger partial charge in [0.05, 0.1) is 34.1 Å². The lowest BCUT2D eigenvalue weighted by Crippen LogP contribution is -2.56. The van der Waals surface area contributed by atoms with Crippen molar-refractivity contribution >= 4 is 43.4 Å². The standard InChI is InChI=1S/C33H41N11O3S2/c1-19(23-8-5-13-42(23)2)44-31-22(16-36-44)30(43-14-6-10-32(18-43)17-37-49(45,46)41-32)38-29(39-31)26-20-7-3-11-33(27(20)47-40-26)12-4-9-24-25(33)21(15-34)28(35)48-24/h16,19,23,37,41H,3-14,17-18,35H2,1-2H3/t19-,23-,32-,33-/m0/s1. The lowest BCUT2D eigenvalue weighted by Gasteiger charge is -2.40. The molecule has 5 aliphatic rings. The van der Waals surface area contributed by atoms with E-state index in [1.807, 2.05) is 10.9 Å².